The monoisotopic (exact) mass is 656 g/mol. The van der Waals surface area contributed by atoms with Gasteiger partial charge in [0.05, 0.1) is 6.61 Å². The van der Waals surface area contributed by atoms with Gasteiger partial charge in [-0.15, -0.1) is 30.4 Å². The molecule has 0 fully saturated rings. The second-order valence-corrected chi connectivity index (χ2v) is 10.6. The van der Waals surface area contributed by atoms with Crippen molar-refractivity contribution < 1.29 is 29.4 Å². The Morgan fingerprint density at radius 3 is 2.46 bits per heavy atom. The molecule has 2 aromatic heterocycles. The van der Waals surface area contributed by atoms with E-state index in [4.69, 9.17) is 16.3 Å². The van der Waals surface area contributed by atoms with E-state index < -0.39 is 28.9 Å². The summed E-state index contributed by atoms with van der Waals surface area (Å²) in [5.74, 6) is 0.561. The fraction of sp³-hybridized carbons (Fsp3) is 0.414. The van der Waals surface area contributed by atoms with E-state index in [1.54, 1.807) is 4.57 Å². The van der Waals surface area contributed by atoms with Crippen LogP contribution < -0.4 is 0 Å². The van der Waals surface area contributed by atoms with Crippen molar-refractivity contribution in [1.82, 2.24) is 30.2 Å². The zero-order valence-electron chi connectivity index (χ0n) is 25.0. The Hall–Kier alpha value is -5.12. The molecule has 0 amide bonds. The highest BCUT2D eigenvalue weighted by molar-refractivity contribution is 6.32. The first-order valence-corrected chi connectivity index (χ1v) is 15.1. The number of hydrogen-bond acceptors (Lipinski definition) is 12. The summed E-state index contributed by atoms with van der Waals surface area (Å²) in [6.45, 7) is 1.93. The zero-order chi connectivity index (χ0) is 32.9. The van der Waals surface area contributed by atoms with E-state index in [2.05, 4.69) is 42.2 Å². The van der Waals surface area contributed by atoms with Crippen LogP contribution in [0.1, 0.15) is 67.3 Å². The van der Waals surface area contributed by atoms with Gasteiger partial charge in [0.1, 0.15) is 18.5 Å². The minimum Gasteiger partial charge on any atom is -0.461 e. The summed E-state index contributed by atoms with van der Waals surface area (Å²) in [5, 5.41) is 33.4. The molecule has 16 nitrogen and oxygen atoms in total. The summed E-state index contributed by atoms with van der Waals surface area (Å²) >= 11 is 6.47. The molecule has 0 saturated heterocycles. The second-order valence-electron chi connectivity index (χ2n) is 10.3. The molecule has 1 atom stereocenters. The van der Waals surface area contributed by atoms with Crippen molar-refractivity contribution in [2.24, 2.45) is 0 Å². The van der Waals surface area contributed by atoms with Gasteiger partial charge in [0.2, 0.25) is 5.82 Å². The molecule has 2 aromatic carbocycles. The van der Waals surface area contributed by atoms with Gasteiger partial charge in [0.25, 0.3) is 10.2 Å². The third kappa shape index (κ3) is 9.44. The minimum absolute atomic E-state index is 0.0623. The molecule has 0 aliphatic rings. The SMILES string of the molecule is CCCCc1nc(Cl)c(C(=O)OCCCCC[C@@H](CO[N+](=O)[O-])O[N+](=O)[O-])n1Cc1ccc(-c2ccccc2-c2nn[nH]n2)cc1. The van der Waals surface area contributed by atoms with Crippen LogP contribution in [-0.4, -0.2) is 65.6 Å². The molecule has 4 aromatic rings. The lowest BCUT2D eigenvalue weighted by Crippen LogP contribution is -2.24. The van der Waals surface area contributed by atoms with Crippen LogP contribution in [0.5, 0.6) is 0 Å². The highest BCUT2D eigenvalue weighted by atomic mass is 35.5. The number of ether oxygens (including phenoxy) is 1. The number of aromatic amines is 1. The van der Waals surface area contributed by atoms with Crippen LogP contribution >= 0.6 is 11.6 Å². The van der Waals surface area contributed by atoms with E-state index in [-0.39, 0.29) is 23.9 Å². The molecule has 0 aliphatic carbocycles. The molecule has 244 valence electrons. The number of H-pyrrole nitrogens is 1. The lowest BCUT2D eigenvalue weighted by atomic mass is 9.98. The van der Waals surface area contributed by atoms with E-state index in [0.29, 0.717) is 43.9 Å². The molecular weight excluding hydrogens is 624 g/mol. The van der Waals surface area contributed by atoms with Crippen molar-refractivity contribution in [3.8, 4) is 22.5 Å². The lowest BCUT2D eigenvalue weighted by molar-refractivity contribution is -0.790. The van der Waals surface area contributed by atoms with Crippen LogP contribution in [0.25, 0.3) is 22.5 Å². The largest absolute Gasteiger partial charge is 0.461 e. The fourth-order valence-corrected chi connectivity index (χ4v) is 5.13. The van der Waals surface area contributed by atoms with Gasteiger partial charge in [-0.05, 0) is 47.6 Å². The molecule has 17 heteroatoms. The molecule has 2 heterocycles. The van der Waals surface area contributed by atoms with Gasteiger partial charge in [0, 0.05) is 18.5 Å². The normalized spacial score (nSPS) is 11.6. The maximum Gasteiger partial charge on any atom is 0.358 e. The number of rotatable bonds is 19. The molecular formula is C29H33ClN8O8. The van der Waals surface area contributed by atoms with Crippen LogP contribution in [0, 0.1) is 20.2 Å². The number of tetrazole rings is 1. The Morgan fingerprint density at radius 2 is 1.78 bits per heavy atom. The van der Waals surface area contributed by atoms with Crippen LogP contribution in [-0.2, 0) is 27.4 Å². The van der Waals surface area contributed by atoms with Gasteiger partial charge in [-0.2, -0.15) is 5.21 Å². The highest BCUT2D eigenvalue weighted by Crippen LogP contribution is 2.30. The summed E-state index contributed by atoms with van der Waals surface area (Å²) in [5.41, 5.74) is 3.83. The molecule has 4 rings (SSSR count). The number of hydrogen-bond donors (Lipinski definition) is 1. The van der Waals surface area contributed by atoms with Gasteiger partial charge < -0.3 is 19.0 Å². The number of carbonyl (C=O) groups excluding carboxylic acids is 1. The minimum atomic E-state index is -1.08. The van der Waals surface area contributed by atoms with Crippen molar-refractivity contribution in [3.05, 3.63) is 91.0 Å². The topological polar surface area (TPSA) is 203 Å². The van der Waals surface area contributed by atoms with Crippen molar-refractivity contribution >= 4 is 17.6 Å². The Morgan fingerprint density at radius 1 is 1.02 bits per heavy atom. The number of nitrogens with one attached hydrogen (secondary N) is 1. The van der Waals surface area contributed by atoms with Crippen molar-refractivity contribution in [2.75, 3.05) is 13.2 Å². The van der Waals surface area contributed by atoms with Crippen LogP contribution in [0.4, 0.5) is 0 Å². The lowest BCUT2D eigenvalue weighted by Gasteiger charge is -2.14. The number of aryl methyl sites for hydroxylation is 1. The molecule has 0 radical (unpaired) electrons. The zero-order valence-corrected chi connectivity index (χ0v) is 25.8. The number of esters is 1. The number of carbonyl (C=O) groups is 1. The Balaban J connectivity index is 1.40. The van der Waals surface area contributed by atoms with Gasteiger partial charge in [0.15, 0.2) is 10.8 Å². The first-order valence-electron chi connectivity index (χ1n) is 14.7. The number of halogens is 1. The number of unbranched alkanes of at least 4 members (excludes halogenated alkanes) is 3. The molecule has 0 spiro atoms. The maximum atomic E-state index is 13.2. The average molecular weight is 657 g/mol. The molecule has 46 heavy (non-hydrogen) atoms. The maximum absolute atomic E-state index is 13.2. The summed E-state index contributed by atoms with van der Waals surface area (Å²) < 4.78 is 7.31. The smallest absolute Gasteiger partial charge is 0.358 e. The van der Waals surface area contributed by atoms with Crippen LogP contribution in [0.3, 0.4) is 0 Å². The number of aromatic nitrogens is 6. The molecule has 0 bridgehead atoms. The number of imidazole rings is 1. The van der Waals surface area contributed by atoms with E-state index in [9.17, 15) is 25.0 Å². The molecule has 0 unspecified atom stereocenters. The predicted molar refractivity (Wildman–Crippen MR) is 164 cm³/mol. The summed E-state index contributed by atoms with van der Waals surface area (Å²) in [4.78, 5) is 47.3. The van der Waals surface area contributed by atoms with Gasteiger partial charge in [-0.25, -0.2) is 9.78 Å². The van der Waals surface area contributed by atoms with Crippen molar-refractivity contribution in [2.45, 2.75) is 64.5 Å². The fourth-order valence-electron chi connectivity index (χ4n) is 4.85. The first-order chi connectivity index (χ1) is 22.3. The van der Waals surface area contributed by atoms with E-state index >= 15 is 0 Å². The third-order valence-corrected chi connectivity index (χ3v) is 7.34. The molecule has 0 saturated carbocycles. The number of nitrogens with zero attached hydrogens (tertiary/aromatic N) is 7. The van der Waals surface area contributed by atoms with Crippen molar-refractivity contribution in [1.29, 1.82) is 0 Å². The highest BCUT2D eigenvalue weighted by Gasteiger charge is 2.24. The Kier molecular flexibility index (Phi) is 12.3. The Bertz CT molecular complexity index is 1600. The number of benzene rings is 2. The van der Waals surface area contributed by atoms with Gasteiger partial charge in [-0.1, -0.05) is 79.9 Å². The van der Waals surface area contributed by atoms with Crippen LogP contribution in [0.2, 0.25) is 5.15 Å². The summed E-state index contributed by atoms with van der Waals surface area (Å²) in [6.07, 6.45) is 2.93. The predicted octanol–water partition coefficient (Wildman–Crippen LogP) is 5.28. The summed E-state index contributed by atoms with van der Waals surface area (Å²) in [6, 6.07) is 15.7. The first kappa shape index (κ1) is 33.8. The average Bonchev–Trinajstić information content (AvgIpc) is 3.68. The van der Waals surface area contributed by atoms with E-state index in [1.807, 2.05) is 48.5 Å². The molecule has 0 aliphatic heterocycles. The van der Waals surface area contributed by atoms with E-state index in [1.165, 1.54) is 0 Å². The molecule has 1 N–H and O–H groups in total. The van der Waals surface area contributed by atoms with Gasteiger partial charge >= 0.3 is 5.97 Å². The second kappa shape index (κ2) is 16.8. The third-order valence-electron chi connectivity index (χ3n) is 7.07. The van der Waals surface area contributed by atoms with Crippen molar-refractivity contribution in [3.63, 3.8) is 0 Å². The van der Waals surface area contributed by atoms with Crippen LogP contribution in [0.15, 0.2) is 48.5 Å². The Labute approximate surface area is 268 Å². The quantitative estimate of drug-likeness (QED) is 0.0593. The standard InChI is InChI=1S/C29H33ClN8O8/c1-2-3-12-25-31-27(30)26(29(39)44-17-8-4-5-9-22(46-38(42)43)19-45-37(40)41)36(25)18-20-13-15-21(16-14-20)23-10-6-7-11-24(23)28-32-34-35-33-28/h6-7,10-11,13-16,22H,2-5,8-9,12,17-19H2,1H3,(H,32,33,34,35)/t22-/m0/s1. The summed E-state index contributed by atoms with van der Waals surface area (Å²) in [7, 11) is 0. The van der Waals surface area contributed by atoms with Gasteiger partial charge in [-0.3, -0.25) is 0 Å². The van der Waals surface area contributed by atoms with E-state index in [0.717, 1.165) is 35.1 Å².